The highest BCUT2D eigenvalue weighted by Crippen LogP contribution is 2.24. The maximum atomic E-state index is 13.3. The minimum atomic E-state index is -1.74. The van der Waals surface area contributed by atoms with Crippen LogP contribution in [0.3, 0.4) is 0 Å². The van der Waals surface area contributed by atoms with Crippen LogP contribution in [0.5, 0.6) is 0 Å². The number of benzene rings is 1. The molecule has 1 aromatic rings. The van der Waals surface area contributed by atoms with Crippen molar-refractivity contribution in [2.24, 2.45) is 0 Å². The fraction of sp³-hybridized carbons (Fsp3) is 0.273. The third kappa shape index (κ3) is 3.62. The van der Waals surface area contributed by atoms with Gasteiger partial charge >= 0.3 is 0 Å². The van der Waals surface area contributed by atoms with Gasteiger partial charge in [0.05, 0.1) is 0 Å². The summed E-state index contributed by atoms with van der Waals surface area (Å²) in [6.45, 7) is 1.12. The molecule has 110 valence electrons. The van der Waals surface area contributed by atoms with Gasteiger partial charge in [0, 0.05) is 18.7 Å². The van der Waals surface area contributed by atoms with Gasteiger partial charge in [0.25, 0.3) is 0 Å². The molecule has 0 aliphatic heterocycles. The minimum Gasteiger partial charge on any atom is -0.344 e. The monoisotopic (exact) mass is 310 g/mol. The molecule has 0 saturated heterocycles. The van der Waals surface area contributed by atoms with E-state index < -0.39 is 46.8 Å². The normalized spacial score (nSPS) is 11.9. The Hall–Kier alpha value is -1.77. The molecule has 9 heteroatoms. The lowest BCUT2D eigenvalue weighted by Crippen LogP contribution is -2.44. The Labute approximate surface area is 116 Å². The second-order valence-corrected chi connectivity index (χ2v) is 4.13. The van der Waals surface area contributed by atoms with Gasteiger partial charge in [-0.15, -0.1) is 0 Å². The number of hydrogen-bond acceptors (Lipinski definition) is 3. The second kappa shape index (κ2) is 6.60. The topological polar surface area (TPSA) is 58.2 Å². The van der Waals surface area contributed by atoms with Crippen LogP contribution < -0.4 is 10.6 Å². The highest BCUT2D eigenvalue weighted by atomic mass is 32.1. The first-order chi connectivity index (χ1) is 9.27. The number of anilines is 1. The number of carbonyl (C=O) groups is 2. The van der Waals surface area contributed by atoms with E-state index in [1.165, 1.54) is 0 Å². The second-order valence-electron chi connectivity index (χ2n) is 3.77. The zero-order valence-electron chi connectivity index (χ0n) is 10.1. The minimum absolute atomic E-state index is 0.0181. The molecule has 1 rings (SSSR count). The molecule has 0 aromatic heterocycles. The van der Waals surface area contributed by atoms with Crippen molar-refractivity contribution in [2.75, 3.05) is 11.1 Å². The van der Waals surface area contributed by atoms with Gasteiger partial charge in [0.1, 0.15) is 11.7 Å². The van der Waals surface area contributed by atoms with Crippen molar-refractivity contribution in [2.45, 2.75) is 13.0 Å². The van der Waals surface area contributed by atoms with E-state index in [-0.39, 0.29) is 11.8 Å². The van der Waals surface area contributed by atoms with Crippen LogP contribution >= 0.6 is 12.6 Å². The van der Waals surface area contributed by atoms with Crippen molar-refractivity contribution >= 4 is 30.1 Å². The summed E-state index contributed by atoms with van der Waals surface area (Å²) in [7, 11) is 0. The van der Waals surface area contributed by atoms with E-state index in [1.807, 2.05) is 0 Å². The molecule has 0 radical (unpaired) electrons. The maximum absolute atomic E-state index is 13.3. The number of amides is 2. The van der Waals surface area contributed by atoms with Crippen molar-refractivity contribution in [3.8, 4) is 0 Å². The molecule has 2 N–H and O–H groups in total. The fourth-order valence-electron chi connectivity index (χ4n) is 1.33. The van der Waals surface area contributed by atoms with E-state index in [1.54, 1.807) is 5.32 Å². The Kier molecular flexibility index (Phi) is 5.37. The molecule has 0 aliphatic carbocycles. The zero-order valence-corrected chi connectivity index (χ0v) is 11.0. The molecule has 0 fully saturated rings. The van der Waals surface area contributed by atoms with E-state index in [9.17, 15) is 27.2 Å². The molecule has 20 heavy (non-hydrogen) atoms. The number of carbonyl (C=O) groups excluding carboxylic acids is 2. The molecule has 2 amide bonds. The molecule has 0 aliphatic rings. The van der Waals surface area contributed by atoms with Gasteiger partial charge in [-0.1, -0.05) is 0 Å². The van der Waals surface area contributed by atoms with E-state index in [0.717, 1.165) is 6.92 Å². The molecule has 1 atom stereocenters. The summed E-state index contributed by atoms with van der Waals surface area (Å²) < 4.78 is 52.6. The highest BCUT2D eigenvalue weighted by Gasteiger charge is 2.24. The van der Waals surface area contributed by atoms with Crippen molar-refractivity contribution in [3.63, 3.8) is 0 Å². The van der Waals surface area contributed by atoms with Gasteiger partial charge in [-0.25, -0.2) is 17.6 Å². The summed E-state index contributed by atoms with van der Waals surface area (Å²) in [5.74, 6) is -8.59. The average Bonchev–Trinajstić information content (AvgIpc) is 2.38. The molecule has 0 heterocycles. The van der Waals surface area contributed by atoms with Crippen molar-refractivity contribution in [1.29, 1.82) is 0 Å². The van der Waals surface area contributed by atoms with Crippen LogP contribution in [0.15, 0.2) is 6.07 Å². The largest absolute Gasteiger partial charge is 0.344 e. The van der Waals surface area contributed by atoms with Gasteiger partial charge in [0.15, 0.2) is 23.3 Å². The third-order valence-electron chi connectivity index (χ3n) is 2.24. The van der Waals surface area contributed by atoms with Crippen LogP contribution in [-0.4, -0.2) is 23.6 Å². The van der Waals surface area contributed by atoms with Crippen LogP contribution in [-0.2, 0) is 9.59 Å². The number of thiol groups is 1. The van der Waals surface area contributed by atoms with Gasteiger partial charge in [-0.3, -0.25) is 9.59 Å². The van der Waals surface area contributed by atoms with E-state index in [4.69, 9.17) is 0 Å². The van der Waals surface area contributed by atoms with Crippen molar-refractivity contribution in [3.05, 3.63) is 29.3 Å². The first kappa shape index (κ1) is 16.3. The summed E-state index contributed by atoms with van der Waals surface area (Å²) in [4.78, 5) is 22.5. The molecule has 0 saturated carbocycles. The smallest absolute Gasteiger partial charge is 0.247 e. The lowest BCUT2D eigenvalue weighted by Gasteiger charge is -2.16. The van der Waals surface area contributed by atoms with Crippen LogP contribution in [0.2, 0.25) is 0 Å². The standard InChI is InChI=1S/C11H10F4N2O2S/c1-4(18)16-7(3-20)11(19)17-10-8(14)5(12)2-6(13)9(10)15/h2,7,20H,3H2,1H3,(H,16,18)(H,17,19). The molecular weight excluding hydrogens is 300 g/mol. The SMILES string of the molecule is CC(=O)NC(CS)C(=O)Nc1c(F)c(F)cc(F)c1F. The summed E-state index contributed by atoms with van der Waals surface area (Å²) in [5, 5.41) is 3.84. The fourth-order valence-corrected chi connectivity index (χ4v) is 1.59. The first-order valence-electron chi connectivity index (χ1n) is 5.29. The van der Waals surface area contributed by atoms with Crippen LogP contribution in [0.4, 0.5) is 23.2 Å². The number of halogens is 4. The summed E-state index contributed by atoms with van der Waals surface area (Å²) in [6.07, 6.45) is 0. The third-order valence-corrected chi connectivity index (χ3v) is 2.60. The Morgan fingerprint density at radius 1 is 1.20 bits per heavy atom. The van der Waals surface area contributed by atoms with E-state index in [2.05, 4.69) is 17.9 Å². The lowest BCUT2D eigenvalue weighted by molar-refractivity contribution is -0.124. The number of rotatable bonds is 4. The first-order valence-corrected chi connectivity index (χ1v) is 5.93. The van der Waals surface area contributed by atoms with Gasteiger partial charge < -0.3 is 10.6 Å². The summed E-state index contributed by atoms with van der Waals surface area (Å²) >= 11 is 3.78. The Bertz CT molecular complexity index is 527. The summed E-state index contributed by atoms with van der Waals surface area (Å²) in [6, 6.07) is -1.19. The molecule has 1 unspecified atom stereocenters. The van der Waals surface area contributed by atoms with Crippen LogP contribution in [0.25, 0.3) is 0 Å². The Morgan fingerprint density at radius 3 is 2.10 bits per heavy atom. The maximum Gasteiger partial charge on any atom is 0.247 e. The number of hydrogen-bond donors (Lipinski definition) is 3. The molecular formula is C11H10F4N2O2S. The van der Waals surface area contributed by atoms with Crippen LogP contribution in [0.1, 0.15) is 6.92 Å². The Morgan fingerprint density at radius 2 is 1.70 bits per heavy atom. The van der Waals surface area contributed by atoms with Crippen molar-refractivity contribution < 1.29 is 27.2 Å². The predicted octanol–water partition coefficient (Wildman–Crippen LogP) is 1.62. The average molecular weight is 310 g/mol. The van der Waals surface area contributed by atoms with Crippen LogP contribution in [0, 0.1) is 23.3 Å². The lowest BCUT2D eigenvalue weighted by atomic mass is 10.2. The predicted molar refractivity (Wildman–Crippen MR) is 66.4 cm³/mol. The molecule has 4 nitrogen and oxygen atoms in total. The zero-order chi connectivity index (χ0) is 15.4. The van der Waals surface area contributed by atoms with Gasteiger partial charge in [-0.2, -0.15) is 12.6 Å². The van der Waals surface area contributed by atoms with Gasteiger partial charge in [0.2, 0.25) is 11.8 Å². The molecule has 0 bridgehead atoms. The molecule has 1 aromatic carbocycles. The van der Waals surface area contributed by atoms with Crippen molar-refractivity contribution in [1.82, 2.24) is 5.32 Å². The Balaban J connectivity index is 3.04. The van der Waals surface area contributed by atoms with E-state index >= 15 is 0 Å². The molecule has 0 spiro atoms. The van der Waals surface area contributed by atoms with E-state index in [0.29, 0.717) is 0 Å². The number of nitrogens with one attached hydrogen (secondary N) is 2. The van der Waals surface area contributed by atoms with Gasteiger partial charge in [-0.05, 0) is 0 Å². The highest BCUT2D eigenvalue weighted by molar-refractivity contribution is 7.80. The summed E-state index contributed by atoms with van der Waals surface area (Å²) in [5.41, 5.74) is -1.26. The quantitative estimate of drug-likeness (QED) is 0.450.